The molecule has 2 fully saturated rings. The van der Waals surface area contributed by atoms with Gasteiger partial charge in [-0.05, 0) is 73.1 Å². The Kier molecular flexibility index (Phi) is 6.86. The molecule has 0 saturated carbocycles. The Hall–Kier alpha value is -1.75. The van der Waals surface area contributed by atoms with Crippen LogP contribution in [0.3, 0.4) is 0 Å². The summed E-state index contributed by atoms with van der Waals surface area (Å²) in [6.07, 6.45) is 3.94. The molecule has 0 unspecified atom stereocenters. The maximum Gasteiger partial charge on any atom is 0.161 e. The Morgan fingerprint density at radius 3 is 2.32 bits per heavy atom. The summed E-state index contributed by atoms with van der Waals surface area (Å²) in [5, 5.41) is 3.51. The van der Waals surface area contributed by atoms with Crippen LogP contribution < -0.4 is 14.8 Å². The molecule has 2 aromatic rings. The predicted molar refractivity (Wildman–Crippen MR) is 117 cm³/mol. The minimum absolute atomic E-state index is 0. The summed E-state index contributed by atoms with van der Waals surface area (Å²) >= 11 is 0. The molecule has 2 aromatic carbocycles. The van der Waals surface area contributed by atoms with Crippen LogP contribution in [0.5, 0.6) is 11.5 Å². The van der Waals surface area contributed by atoms with Crippen LogP contribution in [-0.4, -0.2) is 45.3 Å². The summed E-state index contributed by atoms with van der Waals surface area (Å²) in [4.78, 5) is 2.62. The number of rotatable bonds is 5. The molecule has 2 aliphatic heterocycles. The lowest BCUT2D eigenvalue weighted by Gasteiger charge is -2.34. The van der Waals surface area contributed by atoms with Gasteiger partial charge in [-0.2, -0.15) is 0 Å². The van der Waals surface area contributed by atoms with E-state index >= 15 is 0 Å². The molecular weight excluding hydrogens is 372 g/mol. The third-order valence-electron chi connectivity index (χ3n) is 6.27. The second-order valence-electron chi connectivity index (χ2n) is 7.94. The fourth-order valence-corrected chi connectivity index (χ4v) is 4.71. The number of hydrogen-bond acceptors (Lipinski definition) is 4. The zero-order chi connectivity index (χ0) is 18.7. The second kappa shape index (κ2) is 9.17. The summed E-state index contributed by atoms with van der Waals surface area (Å²) in [5.41, 5.74) is 4.29. The van der Waals surface area contributed by atoms with E-state index in [1.807, 2.05) is 0 Å². The number of benzene rings is 2. The molecule has 28 heavy (non-hydrogen) atoms. The van der Waals surface area contributed by atoms with Gasteiger partial charge in [-0.25, -0.2) is 0 Å². The van der Waals surface area contributed by atoms with Gasteiger partial charge in [0, 0.05) is 13.1 Å². The van der Waals surface area contributed by atoms with Crippen molar-refractivity contribution in [3.05, 3.63) is 48.0 Å². The molecule has 1 N–H and O–H groups in total. The largest absolute Gasteiger partial charge is 0.493 e. The molecule has 0 atom stereocenters. The highest BCUT2D eigenvalue weighted by Crippen LogP contribution is 2.41. The van der Waals surface area contributed by atoms with E-state index in [0.717, 1.165) is 18.0 Å². The van der Waals surface area contributed by atoms with Gasteiger partial charge in [0.1, 0.15) is 0 Å². The second-order valence-corrected chi connectivity index (χ2v) is 7.94. The predicted octanol–water partition coefficient (Wildman–Crippen LogP) is 4.37. The van der Waals surface area contributed by atoms with Crippen molar-refractivity contribution in [2.75, 3.05) is 40.4 Å². The Labute approximate surface area is 174 Å². The molecule has 2 saturated heterocycles. The molecule has 0 aromatic heterocycles. The number of methoxy groups -OCH3 is 2. The molecule has 4 nitrogen and oxygen atoms in total. The first kappa shape index (κ1) is 21.0. The van der Waals surface area contributed by atoms with Gasteiger partial charge >= 0.3 is 0 Å². The molecule has 4 rings (SSSR count). The van der Waals surface area contributed by atoms with Crippen molar-refractivity contribution >= 4 is 12.4 Å². The maximum atomic E-state index is 5.59. The summed E-state index contributed by atoms with van der Waals surface area (Å²) in [7, 11) is 3.41. The Balaban J connectivity index is 0.00000225. The maximum absolute atomic E-state index is 5.59. The van der Waals surface area contributed by atoms with E-state index in [1.54, 1.807) is 14.2 Å². The Morgan fingerprint density at radius 2 is 1.64 bits per heavy atom. The van der Waals surface area contributed by atoms with Crippen molar-refractivity contribution < 1.29 is 9.47 Å². The van der Waals surface area contributed by atoms with Crippen molar-refractivity contribution in [2.24, 2.45) is 5.41 Å². The fourth-order valence-electron chi connectivity index (χ4n) is 4.71. The zero-order valence-corrected chi connectivity index (χ0v) is 17.7. The number of ether oxygens (including phenoxy) is 2. The smallest absolute Gasteiger partial charge is 0.161 e. The van der Waals surface area contributed by atoms with Gasteiger partial charge in [0.05, 0.1) is 14.2 Å². The third kappa shape index (κ3) is 4.29. The first-order valence-corrected chi connectivity index (χ1v) is 9.96. The molecule has 0 radical (unpaired) electrons. The van der Waals surface area contributed by atoms with Crippen LogP contribution in [0.25, 0.3) is 11.1 Å². The number of likely N-dealkylation sites (tertiary alicyclic amines) is 1. The molecular formula is C23H31ClN2O2. The van der Waals surface area contributed by atoms with Gasteiger partial charge in [0.25, 0.3) is 0 Å². The quantitative estimate of drug-likeness (QED) is 0.805. The van der Waals surface area contributed by atoms with E-state index in [4.69, 9.17) is 9.47 Å². The van der Waals surface area contributed by atoms with Crippen LogP contribution >= 0.6 is 12.4 Å². The third-order valence-corrected chi connectivity index (χ3v) is 6.27. The number of nitrogens with zero attached hydrogens (tertiary/aromatic N) is 1. The van der Waals surface area contributed by atoms with Gasteiger partial charge in [-0.15, -0.1) is 12.4 Å². The number of nitrogens with one attached hydrogen (secondary N) is 1. The first-order chi connectivity index (χ1) is 13.2. The summed E-state index contributed by atoms with van der Waals surface area (Å²) in [6, 6.07) is 14.9. The topological polar surface area (TPSA) is 33.7 Å². The van der Waals surface area contributed by atoms with Crippen molar-refractivity contribution in [1.82, 2.24) is 10.2 Å². The Morgan fingerprint density at radius 1 is 0.964 bits per heavy atom. The fraction of sp³-hybridized carbons (Fsp3) is 0.478. The highest BCUT2D eigenvalue weighted by Gasteiger charge is 2.38. The minimum Gasteiger partial charge on any atom is -0.493 e. The molecule has 152 valence electrons. The van der Waals surface area contributed by atoms with Crippen LogP contribution in [-0.2, 0) is 6.54 Å². The van der Waals surface area contributed by atoms with Gasteiger partial charge < -0.3 is 14.8 Å². The average Bonchev–Trinajstić information content (AvgIpc) is 3.10. The van der Waals surface area contributed by atoms with E-state index < -0.39 is 0 Å². The van der Waals surface area contributed by atoms with Crippen LogP contribution in [0.2, 0.25) is 0 Å². The zero-order valence-electron chi connectivity index (χ0n) is 16.9. The molecule has 0 amide bonds. The molecule has 0 aliphatic carbocycles. The highest BCUT2D eigenvalue weighted by molar-refractivity contribution is 5.85. The number of halogens is 1. The molecule has 2 aliphatic rings. The average molecular weight is 403 g/mol. The first-order valence-electron chi connectivity index (χ1n) is 9.96. The Bertz CT molecular complexity index is 776. The lowest BCUT2D eigenvalue weighted by Crippen LogP contribution is -2.38. The van der Waals surface area contributed by atoms with Gasteiger partial charge in [0.2, 0.25) is 0 Å². The minimum atomic E-state index is 0. The molecule has 5 heteroatoms. The van der Waals surface area contributed by atoms with E-state index in [9.17, 15) is 0 Å². The lowest BCUT2D eigenvalue weighted by molar-refractivity contribution is 0.194. The van der Waals surface area contributed by atoms with Gasteiger partial charge in [-0.3, -0.25) is 4.90 Å². The van der Waals surface area contributed by atoms with Crippen molar-refractivity contribution in [2.45, 2.75) is 25.8 Å². The van der Waals surface area contributed by atoms with Gasteiger partial charge in [0.15, 0.2) is 11.5 Å². The van der Waals surface area contributed by atoms with Crippen LogP contribution in [0.4, 0.5) is 0 Å². The summed E-state index contributed by atoms with van der Waals surface area (Å²) < 4.78 is 11.2. The standard InChI is InChI=1S/C23H30N2O2.ClH/c1-26-21-14-19(16-25-13-10-23(17-25)8-11-24-12-9-23)20(15-22(21)27-2)18-6-4-3-5-7-18;/h3-7,14-15,24H,8-13,16-17H2,1-2H3;1H. The van der Waals surface area contributed by atoms with Crippen molar-refractivity contribution in [1.29, 1.82) is 0 Å². The van der Waals surface area contributed by atoms with E-state index in [0.29, 0.717) is 5.41 Å². The lowest BCUT2D eigenvalue weighted by atomic mass is 9.78. The highest BCUT2D eigenvalue weighted by atomic mass is 35.5. The molecule has 1 spiro atoms. The van der Waals surface area contributed by atoms with Gasteiger partial charge in [-0.1, -0.05) is 30.3 Å². The summed E-state index contributed by atoms with van der Waals surface area (Å²) in [6.45, 7) is 5.68. The van der Waals surface area contributed by atoms with E-state index in [2.05, 4.69) is 52.7 Å². The summed E-state index contributed by atoms with van der Waals surface area (Å²) in [5.74, 6) is 1.60. The molecule has 2 heterocycles. The monoisotopic (exact) mass is 402 g/mol. The van der Waals surface area contributed by atoms with Crippen molar-refractivity contribution in [3.63, 3.8) is 0 Å². The molecule has 0 bridgehead atoms. The van der Waals surface area contributed by atoms with Crippen LogP contribution in [0, 0.1) is 5.41 Å². The number of piperidine rings is 1. The van der Waals surface area contributed by atoms with Crippen LogP contribution in [0.1, 0.15) is 24.8 Å². The number of hydrogen-bond donors (Lipinski definition) is 1. The van der Waals surface area contributed by atoms with Crippen molar-refractivity contribution in [3.8, 4) is 22.6 Å². The van der Waals surface area contributed by atoms with E-state index in [-0.39, 0.29) is 12.4 Å². The van der Waals surface area contributed by atoms with E-state index in [1.165, 1.54) is 62.1 Å². The van der Waals surface area contributed by atoms with Crippen LogP contribution in [0.15, 0.2) is 42.5 Å². The SMILES string of the molecule is COc1cc(CN2CCC3(CCNCC3)C2)c(-c2ccccc2)cc1OC.Cl. The normalized spacial score (nSPS) is 18.6.